The van der Waals surface area contributed by atoms with E-state index in [0.29, 0.717) is 0 Å². The number of rotatable bonds is 4. The minimum absolute atomic E-state index is 0.0692. The maximum absolute atomic E-state index is 11.8. The van der Waals surface area contributed by atoms with Crippen LogP contribution in [0.25, 0.3) is 0 Å². The Bertz CT molecular complexity index is 432. The van der Waals surface area contributed by atoms with Crippen LogP contribution in [0.5, 0.6) is 0 Å². The van der Waals surface area contributed by atoms with Gasteiger partial charge in [0.25, 0.3) is 12.3 Å². The van der Waals surface area contributed by atoms with Gasteiger partial charge in [-0.15, -0.1) is 0 Å². The zero-order chi connectivity index (χ0) is 13.0. The van der Waals surface area contributed by atoms with Gasteiger partial charge >= 0.3 is 6.09 Å². The highest BCUT2D eigenvalue weighted by atomic mass is 19.3. The first-order chi connectivity index (χ1) is 7.90. The van der Waals surface area contributed by atoms with Gasteiger partial charge in [0.2, 0.25) is 0 Å². The third-order valence-electron chi connectivity index (χ3n) is 1.76. The summed E-state index contributed by atoms with van der Waals surface area (Å²) in [5.41, 5.74) is -0.142. The first kappa shape index (κ1) is 12.9. The van der Waals surface area contributed by atoms with Crippen molar-refractivity contribution in [3.8, 4) is 0 Å². The largest absolute Gasteiger partial charge is 0.465 e. The second kappa shape index (κ2) is 5.23. The number of amides is 2. The molecule has 9 heteroatoms. The Hall–Kier alpha value is -2.19. The summed E-state index contributed by atoms with van der Waals surface area (Å²) < 4.78 is 24.8. The first-order valence-electron chi connectivity index (χ1n) is 4.50. The monoisotopic (exact) mass is 248 g/mol. The van der Waals surface area contributed by atoms with Crippen molar-refractivity contribution in [2.24, 2.45) is 7.05 Å². The summed E-state index contributed by atoms with van der Waals surface area (Å²) >= 11 is 0. The van der Waals surface area contributed by atoms with E-state index in [1.54, 1.807) is 0 Å². The van der Waals surface area contributed by atoms with Crippen LogP contribution in [0.2, 0.25) is 0 Å². The molecule has 0 aliphatic carbocycles. The predicted octanol–water partition coefficient (Wildman–Crippen LogP) is 0.505. The number of hydrogen-bond donors (Lipinski definition) is 3. The average Bonchev–Trinajstić information content (AvgIpc) is 2.56. The third kappa shape index (κ3) is 3.70. The standard InChI is InChI=1S/C8H10F2N4O3/c1-14-6(12-8(16)17)2-4(13-14)7(15)11-3-5(9)10/h2,5,12H,3H2,1H3,(H,11,15)(H,16,17). The van der Waals surface area contributed by atoms with Crippen LogP contribution in [-0.4, -0.2) is 39.9 Å². The lowest BCUT2D eigenvalue weighted by molar-refractivity contribution is 0.0886. The lowest BCUT2D eigenvalue weighted by atomic mass is 10.4. The van der Waals surface area contributed by atoms with E-state index < -0.39 is 25.0 Å². The highest BCUT2D eigenvalue weighted by Crippen LogP contribution is 2.08. The summed E-state index contributed by atoms with van der Waals surface area (Å²) in [6.07, 6.45) is -3.97. The number of alkyl halides is 2. The molecular weight excluding hydrogens is 238 g/mol. The summed E-state index contributed by atoms with van der Waals surface area (Å²) in [5.74, 6) is -0.723. The van der Waals surface area contributed by atoms with Gasteiger partial charge < -0.3 is 10.4 Å². The number of halogens is 2. The van der Waals surface area contributed by atoms with Crippen molar-refractivity contribution >= 4 is 17.8 Å². The molecule has 0 saturated carbocycles. The van der Waals surface area contributed by atoms with E-state index in [0.717, 1.165) is 10.7 Å². The normalized spacial score (nSPS) is 10.4. The number of anilines is 1. The molecule has 0 unspecified atom stereocenters. The fourth-order valence-electron chi connectivity index (χ4n) is 1.07. The maximum atomic E-state index is 11.8. The molecule has 0 radical (unpaired) electrons. The van der Waals surface area contributed by atoms with Crippen LogP contribution in [0.1, 0.15) is 10.5 Å². The van der Waals surface area contributed by atoms with Crippen LogP contribution < -0.4 is 10.6 Å². The number of carbonyl (C=O) groups excluding carboxylic acids is 1. The number of carbonyl (C=O) groups is 2. The molecule has 2 amide bonds. The van der Waals surface area contributed by atoms with Gasteiger partial charge in [0.15, 0.2) is 5.69 Å². The quantitative estimate of drug-likeness (QED) is 0.723. The Kier molecular flexibility index (Phi) is 3.96. The molecular formula is C8H10F2N4O3. The first-order valence-corrected chi connectivity index (χ1v) is 4.50. The van der Waals surface area contributed by atoms with E-state index in [9.17, 15) is 18.4 Å². The lowest BCUT2D eigenvalue weighted by Crippen LogP contribution is -2.28. The SMILES string of the molecule is Cn1nc(C(=O)NCC(F)F)cc1NC(=O)O. The Morgan fingerprint density at radius 3 is 2.76 bits per heavy atom. The zero-order valence-electron chi connectivity index (χ0n) is 8.78. The molecule has 0 aromatic carbocycles. The highest BCUT2D eigenvalue weighted by molar-refractivity contribution is 5.94. The Morgan fingerprint density at radius 2 is 2.24 bits per heavy atom. The second-order valence-corrected chi connectivity index (χ2v) is 3.07. The van der Waals surface area contributed by atoms with Gasteiger partial charge in [0.1, 0.15) is 5.82 Å². The summed E-state index contributed by atoms with van der Waals surface area (Å²) in [6, 6.07) is 1.15. The molecule has 7 nitrogen and oxygen atoms in total. The van der Waals surface area contributed by atoms with E-state index in [1.807, 2.05) is 10.6 Å². The van der Waals surface area contributed by atoms with Crippen LogP contribution >= 0.6 is 0 Å². The second-order valence-electron chi connectivity index (χ2n) is 3.07. The molecule has 17 heavy (non-hydrogen) atoms. The predicted molar refractivity (Wildman–Crippen MR) is 53.2 cm³/mol. The molecule has 0 atom stereocenters. The van der Waals surface area contributed by atoms with Crippen molar-refractivity contribution in [3.05, 3.63) is 11.8 Å². The minimum atomic E-state index is -2.65. The lowest BCUT2D eigenvalue weighted by Gasteiger charge is -2.00. The summed E-state index contributed by atoms with van der Waals surface area (Å²) in [4.78, 5) is 21.7. The van der Waals surface area contributed by atoms with Gasteiger partial charge in [-0.2, -0.15) is 5.10 Å². The van der Waals surface area contributed by atoms with Gasteiger partial charge in [-0.25, -0.2) is 13.6 Å². The third-order valence-corrected chi connectivity index (χ3v) is 1.76. The van der Waals surface area contributed by atoms with Crippen molar-refractivity contribution in [1.82, 2.24) is 15.1 Å². The number of nitrogens with zero attached hydrogens (tertiary/aromatic N) is 2. The molecule has 1 aromatic heterocycles. The highest BCUT2D eigenvalue weighted by Gasteiger charge is 2.15. The van der Waals surface area contributed by atoms with Crippen molar-refractivity contribution < 1.29 is 23.5 Å². The Labute approximate surface area is 94.4 Å². The molecule has 0 saturated heterocycles. The van der Waals surface area contributed by atoms with Crippen LogP contribution in [0.15, 0.2) is 6.07 Å². The smallest absolute Gasteiger partial charge is 0.410 e. The molecule has 0 aliphatic rings. The molecule has 0 aliphatic heterocycles. The Balaban J connectivity index is 2.72. The molecule has 1 aromatic rings. The number of aromatic nitrogens is 2. The van der Waals surface area contributed by atoms with Gasteiger partial charge in [-0.1, -0.05) is 0 Å². The Morgan fingerprint density at radius 1 is 1.59 bits per heavy atom. The molecule has 0 bridgehead atoms. The number of hydrogen-bond acceptors (Lipinski definition) is 3. The molecule has 0 spiro atoms. The van der Waals surface area contributed by atoms with Crippen LogP contribution in [0, 0.1) is 0 Å². The molecule has 1 heterocycles. The van der Waals surface area contributed by atoms with E-state index >= 15 is 0 Å². The van der Waals surface area contributed by atoms with Gasteiger partial charge in [0, 0.05) is 13.1 Å². The van der Waals surface area contributed by atoms with Crippen molar-refractivity contribution in [2.75, 3.05) is 11.9 Å². The van der Waals surface area contributed by atoms with Crippen LogP contribution in [0.3, 0.4) is 0 Å². The van der Waals surface area contributed by atoms with Crippen molar-refractivity contribution in [2.45, 2.75) is 6.43 Å². The van der Waals surface area contributed by atoms with Gasteiger partial charge in [0.05, 0.1) is 6.54 Å². The molecule has 0 fully saturated rings. The van der Waals surface area contributed by atoms with Crippen LogP contribution in [-0.2, 0) is 7.05 Å². The van der Waals surface area contributed by atoms with E-state index in [1.165, 1.54) is 7.05 Å². The van der Waals surface area contributed by atoms with Crippen molar-refractivity contribution in [1.29, 1.82) is 0 Å². The topological polar surface area (TPSA) is 96.3 Å². The number of nitrogens with one attached hydrogen (secondary N) is 2. The zero-order valence-corrected chi connectivity index (χ0v) is 8.78. The summed E-state index contributed by atoms with van der Waals surface area (Å²) in [6.45, 7) is -0.781. The number of carboxylic acid groups (broad SMARTS) is 1. The molecule has 1 rings (SSSR count). The van der Waals surface area contributed by atoms with Gasteiger partial charge in [-0.05, 0) is 0 Å². The van der Waals surface area contributed by atoms with E-state index in [4.69, 9.17) is 5.11 Å². The fourth-order valence-corrected chi connectivity index (χ4v) is 1.07. The van der Waals surface area contributed by atoms with Crippen LogP contribution in [0.4, 0.5) is 19.4 Å². The maximum Gasteiger partial charge on any atom is 0.410 e. The summed E-state index contributed by atoms with van der Waals surface area (Å²) in [7, 11) is 1.41. The summed E-state index contributed by atoms with van der Waals surface area (Å²) in [5, 5.41) is 16.1. The van der Waals surface area contributed by atoms with E-state index in [-0.39, 0.29) is 11.5 Å². The average molecular weight is 248 g/mol. The van der Waals surface area contributed by atoms with Gasteiger partial charge in [-0.3, -0.25) is 14.8 Å². The van der Waals surface area contributed by atoms with E-state index in [2.05, 4.69) is 5.10 Å². The number of aryl methyl sites for hydroxylation is 1. The minimum Gasteiger partial charge on any atom is -0.465 e. The molecule has 94 valence electrons. The fraction of sp³-hybridized carbons (Fsp3) is 0.375. The van der Waals surface area contributed by atoms with Crippen molar-refractivity contribution in [3.63, 3.8) is 0 Å². The molecule has 3 N–H and O–H groups in total.